The minimum absolute atomic E-state index is 0.181. The van der Waals surface area contributed by atoms with E-state index in [-0.39, 0.29) is 17.2 Å². The Balaban J connectivity index is 1.85. The maximum atomic E-state index is 12.1. The summed E-state index contributed by atoms with van der Waals surface area (Å²) in [6.07, 6.45) is 0.607. The van der Waals surface area contributed by atoms with Gasteiger partial charge in [-0.1, -0.05) is 12.1 Å². The molecule has 156 valence electrons. The number of carboxylic acid groups (broad SMARTS) is 1. The molecule has 0 bridgehead atoms. The number of rotatable bonds is 9. The average molecular weight is 510 g/mol. The van der Waals surface area contributed by atoms with Crippen molar-refractivity contribution in [3.05, 3.63) is 55.5 Å². The maximum Gasteiger partial charge on any atom is 0.351 e. The fraction of sp³-hybridized carbons (Fsp3) is 0.150. The summed E-state index contributed by atoms with van der Waals surface area (Å²) < 4.78 is 10.8. The molecule has 0 unspecified atom stereocenters. The van der Waals surface area contributed by atoms with Gasteiger partial charge < -0.3 is 19.9 Å². The number of hydrogen-bond donors (Lipinski definition) is 2. The van der Waals surface area contributed by atoms with Gasteiger partial charge in [0.05, 0.1) is 16.5 Å². The van der Waals surface area contributed by atoms with Crippen molar-refractivity contribution in [2.45, 2.75) is 6.54 Å². The van der Waals surface area contributed by atoms with E-state index in [9.17, 15) is 14.4 Å². The summed E-state index contributed by atoms with van der Waals surface area (Å²) in [6.45, 7) is 0.299. The summed E-state index contributed by atoms with van der Waals surface area (Å²) in [7, 11) is 1.28. The zero-order valence-electron chi connectivity index (χ0n) is 15.6. The molecule has 3 aromatic rings. The molecule has 2 N–H and O–H groups in total. The normalized spacial score (nSPS) is 10.5. The van der Waals surface area contributed by atoms with E-state index in [0.717, 1.165) is 21.0 Å². The standard InChI is InChI=1S/C20H16BrNO6S2/c1-27-20(26)18-16(28-8-7-23)15(21)17(30-18)11-3-2-4-12(9-11)22-10-13-5-6-14(29-13)19(24)25/h2-7,9,22H,8,10H2,1H3,(H,24,25). The number of aldehydes is 1. The summed E-state index contributed by atoms with van der Waals surface area (Å²) >= 11 is 5.89. The van der Waals surface area contributed by atoms with Crippen LogP contribution in [-0.4, -0.2) is 37.0 Å². The third-order valence-corrected chi connectivity index (χ3v) is 7.23. The monoisotopic (exact) mass is 509 g/mol. The Labute approximate surface area is 188 Å². The number of anilines is 1. The van der Waals surface area contributed by atoms with Crippen LogP contribution in [-0.2, 0) is 16.1 Å². The summed E-state index contributed by atoms with van der Waals surface area (Å²) in [6, 6.07) is 10.9. The molecule has 0 saturated heterocycles. The predicted molar refractivity (Wildman–Crippen MR) is 119 cm³/mol. The number of carboxylic acids is 1. The largest absolute Gasteiger partial charge is 0.483 e. The first-order valence-corrected chi connectivity index (χ1v) is 11.0. The van der Waals surface area contributed by atoms with Gasteiger partial charge in [0.2, 0.25) is 0 Å². The molecule has 30 heavy (non-hydrogen) atoms. The zero-order chi connectivity index (χ0) is 21.7. The highest BCUT2D eigenvalue weighted by atomic mass is 79.9. The van der Waals surface area contributed by atoms with Crippen molar-refractivity contribution >= 4 is 62.5 Å². The molecule has 10 heteroatoms. The molecule has 1 aromatic carbocycles. The summed E-state index contributed by atoms with van der Waals surface area (Å²) in [5, 5.41) is 12.3. The molecule has 0 amide bonds. The Hall–Kier alpha value is -2.69. The molecule has 0 fully saturated rings. The lowest BCUT2D eigenvalue weighted by molar-refractivity contribution is -0.109. The molecule has 0 spiro atoms. The fourth-order valence-electron chi connectivity index (χ4n) is 2.60. The number of thiophene rings is 2. The van der Waals surface area contributed by atoms with Crippen LogP contribution in [0, 0.1) is 0 Å². The van der Waals surface area contributed by atoms with Crippen LogP contribution in [0.3, 0.4) is 0 Å². The highest BCUT2D eigenvalue weighted by Crippen LogP contribution is 2.46. The van der Waals surface area contributed by atoms with Gasteiger partial charge in [0.25, 0.3) is 0 Å². The van der Waals surface area contributed by atoms with Gasteiger partial charge in [0.15, 0.2) is 16.9 Å². The van der Waals surface area contributed by atoms with Gasteiger partial charge in [-0.3, -0.25) is 4.79 Å². The van der Waals surface area contributed by atoms with Gasteiger partial charge in [-0.05, 0) is 45.8 Å². The number of nitrogens with one attached hydrogen (secondary N) is 1. The van der Waals surface area contributed by atoms with Gasteiger partial charge >= 0.3 is 11.9 Å². The number of carbonyl (C=O) groups excluding carboxylic acids is 2. The van der Waals surface area contributed by atoms with Crippen molar-refractivity contribution in [1.29, 1.82) is 0 Å². The smallest absolute Gasteiger partial charge is 0.351 e. The number of aromatic carboxylic acids is 1. The van der Waals surface area contributed by atoms with Crippen molar-refractivity contribution in [2.75, 3.05) is 19.0 Å². The topological polar surface area (TPSA) is 102 Å². The van der Waals surface area contributed by atoms with E-state index in [0.29, 0.717) is 22.2 Å². The van der Waals surface area contributed by atoms with Gasteiger partial charge in [0.1, 0.15) is 11.5 Å². The van der Waals surface area contributed by atoms with Crippen LogP contribution in [0.2, 0.25) is 0 Å². The Morgan fingerprint density at radius 3 is 2.70 bits per heavy atom. The second kappa shape index (κ2) is 9.88. The molecule has 0 aliphatic carbocycles. The molecule has 2 heterocycles. The molecule has 7 nitrogen and oxygen atoms in total. The van der Waals surface area contributed by atoms with Crippen LogP contribution in [0.5, 0.6) is 5.75 Å². The van der Waals surface area contributed by atoms with E-state index in [2.05, 4.69) is 21.2 Å². The minimum Gasteiger partial charge on any atom is -0.483 e. The van der Waals surface area contributed by atoms with Crippen LogP contribution in [0.4, 0.5) is 5.69 Å². The van der Waals surface area contributed by atoms with Crippen LogP contribution >= 0.6 is 38.6 Å². The minimum atomic E-state index is -0.940. The van der Waals surface area contributed by atoms with E-state index in [1.165, 1.54) is 29.8 Å². The highest BCUT2D eigenvalue weighted by molar-refractivity contribution is 9.10. The number of methoxy groups -OCH3 is 1. The number of esters is 1. The van der Waals surface area contributed by atoms with Crippen LogP contribution in [0.25, 0.3) is 10.4 Å². The first-order valence-electron chi connectivity index (χ1n) is 8.58. The van der Waals surface area contributed by atoms with Crippen LogP contribution < -0.4 is 10.1 Å². The van der Waals surface area contributed by atoms with Gasteiger partial charge in [0, 0.05) is 17.1 Å². The zero-order valence-corrected chi connectivity index (χ0v) is 18.9. The molecular weight excluding hydrogens is 494 g/mol. The number of hydrogen-bond acceptors (Lipinski definition) is 8. The lowest BCUT2D eigenvalue weighted by Gasteiger charge is -2.07. The Morgan fingerprint density at radius 1 is 1.23 bits per heavy atom. The molecule has 0 radical (unpaired) electrons. The van der Waals surface area contributed by atoms with Crippen LogP contribution in [0.1, 0.15) is 24.2 Å². The second-order valence-corrected chi connectivity index (χ2v) is 8.86. The summed E-state index contributed by atoms with van der Waals surface area (Å²) in [4.78, 5) is 36.0. The van der Waals surface area contributed by atoms with Gasteiger partial charge in [-0.2, -0.15) is 0 Å². The third kappa shape index (κ3) is 4.89. The fourth-order valence-corrected chi connectivity index (χ4v) is 5.36. The number of ether oxygens (including phenoxy) is 2. The average Bonchev–Trinajstić information content (AvgIpc) is 3.35. The molecular formula is C20H16BrNO6S2. The third-order valence-electron chi connectivity index (χ3n) is 3.94. The van der Waals surface area contributed by atoms with Crippen LogP contribution in [0.15, 0.2) is 40.9 Å². The molecule has 0 atom stereocenters. The lowest BCUT2D eigenvalue weighted by Crippen LogP contribution is -2.04. The predicted octanol–water partition coefficient (Wildman–Crippen LogP) is 4.91. The van der Waals surface area contributed by atoms with Gasteiger partial charge in [-0.25, -0.2) is 9.59 Å². The molecule has 0 aliphatic rings. The Kier molecular flexibility index (Phi) is 7.24. The second-order valence-electron chi connectivity index (χ2n) is 5.88. The maximum absolute atomic E-state index is 12.1. The number of halogens is 1. The van der Waals surface area contributed by atoms with Crippen molar-refractivity contribution in [3.8, 4) is 16.2 Å². The Morgan fingerprint density at radius 2 is 2.03 bits per heavy atom. The van der Waals surface area contributed by atoms with E-state index in [1.54, 1.807) is 12.1 Å². The lowest BCUT2D eigenvalue weighted by atomic mass is 10.1. The van der Waals surface area contributed by atoms with E-state index >= 15 is 0 Å². The van der Waals surface area contributed by atoms with E-state index in [4.69, 9.17) is 14.6 Å². The Bertz CT molecular complexity index is 1090. The highest BCUT2D eigenvalue weighted by Gasteiger charge is 2.24. The van der Waals surface area contributed by atoms with Crippen molar-refractivity contribution < 1.29 is 29.0 Å². The first-order chi connectivity index (χ1) is 14.4. The first kappa shape index (κ1) is 22.0. The van der Waals surface area contributed by atoms with E-state index < -0.39 is 11.9 Å². The SMILES string of the molecule is COC(=O)c1sc(-c2cccc(NCc3ccc(C(=O)O)s3)c2)c(Br)c1OCC=O. The molecule has 0 aliphatic heterocycles. The van der Waals surface area contributed by atoms with Crippen molar-refractivity contribution in [1.82, 2.24) is 0 Å². The van der Waals surface area contributed by atoms with E-state index in [1.807, 2.05) is 24.3 Å². The summed E-state index contributed by atoms with van der Waals surface area (Å²) in [5.74, 6) is -1.22. The molecule has 2 aromatic heterocycles. The van der Waals surface area contributed by atoms with Crippen molar-refractivity contribution in [2.24, 2.45) is 0 Å². The summed E-state index contributed by atoms with van der Waals surface area (Å²) in [5.41, 5.74) is 1.66. The quantitative estimate of drug-likeness (QED) is 0.312. The van der Waals surface area contributed by atoms with Gasteiger partial charge in [-0.15, -0.1) is 22.7 Å². The number of carbonyl (C=O) groups is 3. The number of benzene rings is 1. The molecule has 0 saturated carbocycles. The molecule has 3 rings (SSSR count). The van der Waals surface area contributed by atoms with Crippen molar-refractivity contribution in [3.63, 3.8) is 0 Å².